The molecule has 0 atom stereocenters. The molecule has 0 aromatic rings. The number of hydrogen-bond acceptors (Lipinski definition) is 1. The zero-order chi connectivity index (χ0) is 13.0. The molecule has 0 saturated heterocycles. The molecule has 0 heterocycles. The Morgan fingerprint density at radius 1 is 0.889 bits per heavy atom. The maximum atomic E-state index is 8.96. The lowest BCUT2D eigenvalue weighted by Gasteiger charge is -2.37. The van der Waals surface area contributed by atoms with Gasteiger partial charge in [-0.25, -0.2) is 0 Å². The smallest absolute Gasteiger partial charge is 0.0655 e. The van der Waals surface area contributed by atoms with Gasteiger partial charge in [-0.15, -0.1) is 0 Å². The Morgan fingerprint density at radius 2 is 1.39 bits per heavy atom. The molecule has 2 rings (SSSR count). The fraction of sp³-hybridized carbons (Fsp3) is 0.941. The molecule has 2 fully saturated rings. The summed E-state index contributed by atoms with van der Waals surface area (Å²) < 4.78 is 0. The van der Waals surface area contributed by atoms with E-state index in [1.807, 2.05) is 0 Å². The van der Waals surface area contributed by atoms with Crippen LogP contribution in [0.5, 0.6) is 0 Å². The van der Waals surface area contributed by atoms with E-state index in [0.29, 0.717) is 5.92 Å². The lowest BCUT2D eigenvalue weighted by Crippen LogP contribution is -2.25. The van der Waals surface area contributed by atoms with Crippen molar-refractivity contribution in [1.82, 2.24) is 0 Å². The zero-order valence-electron chi connectivity index (χ0n) is 12.2. The Kier molecular flexibility index (Phi) is 5.10. The standard InChI is InChI=1S/C17H29N/c1-13(2)11-14-3-7-16(8-4-14)17-9-5-15(12-18)6-10-17/h13-17H,3-11H2,1-2H3. The van der Waals surface area contributed by atoms with E-state index in [9.17, 15) is 0 Å². The Morgan fingerprint density at radius 3 is 1.83 bits per heavy atom. The van der Waals surface area contributed by atoms with E-state index in [0.717, 1.165) is 23.7 Å². The fourth-order valence-electron chi connectivity index (χ4n) is 4.28. The lowest BCUT2D eigenvalue weighted by molar-refractivity contribution is 0.149. The molecule has 18 heavy (non-hydrogen) atoms. The summed E-state index contributed by atoms with van der Waals surface area (Å²) in [6, 6.07) is 2.46. The van der Waals surface area contributed by atoms with Gasteiger partial charge in [-0.05, 0) is 68.6 Å². The third-order valence-electron chi connectivity index (χ3n) is 5.32. The van der Waals surface area contributed by atoms with Gasteiger partial charge >= 0.3 is 0 Å². The molecule has 1 nitrogen and oxygen atoms in total. The van der Waals surface area contributed by atoms with Crippen LogP contribution in [0.25, 0.3) is 0 Å². The van der Waals surface area contributed by atoms with Crippen molar-refractivity contribution < 1.29 is 0 Å². The summed E-state index contributed by atoms with van der Waals surface area (Å²) >= 11 is 0. The van der Waals surface area contributed by atoms with Gasteiger partial charge in [-0.3, -0.25) is 0 Å². The highest BCUT2D eigenvalue weighted by Crippen LogP contribution is 2.42. The van der Waals surface area contributed by atoms with Gasteiger partial charge in [0.1, 0.15) is 0 Å². The molecule has 0 unspecified atom stereocenters. The molecule has 0 N–H and O–H groups in total. The van der Waals surface area contributed by atoms with Crippen LogP contribution in [0, 0.1) is 40.9 Å². The van der Waals surface area contributed by atoms with Crippen molar-refractivity contribution in [3.05, 3.63) is 0 Å². The summed E-state index contributed by atoms with van der Waals surface area (Å²) in [5.74, 6) is 4.20. The van der Waals surface area contributed by atoms with E-state index in [4.69, 9.17) is 5.26 Å². The maximum absolute atomic E-state index is 8.96. The van der Waals surface area contributed by atoms with E-state index in [-0.39, 0.29) is 0 Å². The highest BCUT2D eigenvalue weighted by atomic mass is 14.4. The van der Waals surface area contributed by atoms with E-state index < -0.39 is 0 Å². The van der Waals surface area contributed by atoms with Gasteiger partial charge in [-0.1, -0.05) is 26.7 Å². The van der Waals surface area contributed by atoms with Crippen LogP contribution in [-0.2, 0) is 0 Å². The van der Waals surface area contributed by atoms with Crippen LogP contribution in [0.3, 0.4) is 0 Å². The number of hydrogen-bond donors (Lipinski definition) is 0. The van der Waals surface area contributed by atoms with Gasteiger partial charge in [0.2, 0.25) is 0 Å². The average molecular weight is 247 g/mol. The molecule has 1 heteroatoms. The SMILES string of the molecule is CC(C)CC1CCC(C2CCC(C#N)CC2)CC1. The van der Waals surface area contributed by atoms with Gasteiger partial charge < -0.3 is 0 Å². The van der Waals surface area contributed by atoms with Crippen molar-refractivity contribution in [1.29, 1.82) is 5.26 Å². The summed E-state index contributed by atoms with van der Waals surface area (Å²) in [5.41, 5.74) is 0. The van der Waals surface area contributed by atoms with Crippen molar-refractivity contribution in [2.75, 3.05) is 0 Å². The maximum Gasteiger partial charge on any atom is 0.0655 e. The van der Waals surface area contributed by atoms with Gasteiger partial charge in [-0.2, -0.15) is 5.26 Å². The van der Waals surface area contributed by atoms with Crippen molar-refractivity contribution in [2.45, 2.75) is 71.6 Å². The fourth-order valence-corrected chi connectivity index (χ4v) is 4.28. The van der Waals surface area contributed by atoms with Gasteiger partial charge in [0.05, 0.1) is 6.07 Å². The number of nitrogens with zero attached hydrogens (tertiary/aromatic N) is 1. The minimum Gasteiger partial charge on any atom is -0.198 e. The second-order valence-corrected chi connectivity index (χ2v) is 7.15. The van der Waals surface area contributed by atoms with Crippen LogP contribution in [0.4, 0.5) is 0 Å². The second kappa shape index (κ2) is 6.60. The minimum absolute atomic E-state index is 0.374. The van der Waals surface area contributed by atoms with E-state index in [2.05, 4.69) is 19.9 Å². The molecule has 2 saturated carbocycles. The molecule has 2 aliphatic carbocycles. The highest BCUT2D eigenvalue weighted by Gasteiger charge is 2.30. The first-order valence-corrected chi connectivity index (χ1v) is 8.08. The highest BCUT2D eigenvalue weighted by molar-refractivity contribution is 4.89. The molecular weight excluding hydrogens is 218 g/mol. The first kappa shape index (κ1) is 13.9. The third-order valence-corrected chi connectivity index (χ3v) is 5.32. The third kappa shape index (κ3) is 3.74. The molecular formula is C17H29N. The van der Waals surface area contributed by atoms with Gasteiger partial charge in [0.25, 0.3) is 0 Å². The van der Waals surface area contributed by atoms with E-state index >= 15 is 0 Å². The van der Waals surface area contributed by atoms with Crippen LogP contribution < -0.4 is 0 Å². The summed E-state index contributed by atoms with van der Waals surface area (Å²) in [7, 11) is 0. The van der Waals surface area contributed by atoms with Gasteiger partial charge in [0, 0.05) is 5.92 Å². The number of nitriles is 1. The lowest BCUT2D eigenvalue weighted by atomic mass is 9.68. The molecule has 2 aliphatic rings. The first-order chi connectivity index (χ1) is 8.69. The molecule has 0 aromatic heterocycles. The summed E-state index contributed by atoms with van der Waals surface area (Å²) in [6.07, 6.45) is 12.3. The zero-order valence-corrected chi connectivity index (χ0v) is 12.2. The summed E-state index contributed by atoms with van der Waals surface area (Å²) in [6.45, 7) is 4.71. The van der Waals surface area contributed by atoms with E-state index in [1.165, 1.54) is 57.8 Å². The predicted molar refractivity (Wildman–Crippen MR) is 76.0 cm³/mol. The van der Waals surface area contributed by atoms with Crippen molar-refractivity contribution in [3.8, 4) is 6.07 Å². The van der Waals surface area contributed by atoms with Crippen LogP contribution in [-0.4, -0.2) is 0 Å². The molecule has 0 bridgehead atoms. The normalized spacial score (nSPS) is 37.4. The summed E-state index contributed by atoms with van der Waals surface area (Å²) in [5, 5.41) is 8.96. The Balaban J connectivity index is 1.72. The molecule has 0 aliphatic heterocycles. The molecule has 0 radical (unpaired) electrons. The van der Waals surface area contributed by atoms with Crippen LogP contribution in [0.2, 0.25) is 0 Å². The Hall–Kier alpha value is -0.510. The Labute approximate surface area is 113 Å². The van der Waals surface area contributed by atoms with Crippen LogP contribution in [0.1, 0.15) is 71.6 Å². The van der Waals surface area contributed by atoms with Crippen molar-refractivity contribution in [2.24, 2.45) is 29.6 Å². The summed E-state index contributed by atoms with van der Waals surface area (Å²) in [4.78, 5) is 0. The quantitative estimate of drug-likeness (QED) is 0.675. The second-order valence-electron chi connectivity index (χ2n) is 7.15. The molecule has 0 aromatic carbocycles. The van der Waals surface area contributed by atoms with Crippen molar-refractivity contribution >= 4 is 0 Å². The number of rotatable bonds is 3. The predicted octanol–water partition coefficient (Wildman–Crippen LogP) is 5.17. The molecule has 0 amide bonds. The minimum atomic E-state index is 0.374. The topological polar surface area (TPSA) is 23.8 Å². The molecule has 102 valence electrons. The largest absolute Gasteiger partial charge is 0.198 e. The Bertz CT molecular complexity index is 272. The monoisotopic (exact) mass is 247 g/mol. The average Bonchev–Trinajstić information content (AvgIpc) is 2.39. The van der Waals surface area contributed by atoms with Crippen LogP contribution >= 0.6 is 0 Å². The van der Waals surface area contributed by atoms with Gasteiger partial charge in [0.15, 0.2) is 0 Å². The van der Waals surface area contributed by atoms with Crippen molar-refractivity contribution in [3.63, 3.8) is 0 Å². The first-order valence-electron chi connectivity index (χ1n) is 8.08. The van der Waals surface area contributed by atoms with E-state index in [1.54, 1.807) is 0 Å². The van der Waals surface area contributed by atoms with Crippen LogP contribution in [0.15, 0.2) is 0 Å². The molecule has 0 spiro atoms.